The normalized spacial score (nSPS) is 10.2. The third-order valence-electron chi connectivity index (χ3n) is 2.27. The second-order valence-corrected chi connectivity index (χ2v) is 4.48. The topological polar surface area (TPSA) is 59.4 Å². The maximum absolute atomic E-state index is 10.8. The third kappa shape index (κ3) is 2.82. The van der Waals surface area contributed by atoms with Gasteiger partial charge in [0.15, 0.2) is 0 Å². The Morgan fingerprint density at radius 3 is 3.00 bits per heavy atom. The van der Waals surface area contributed by atoms with Crippen molar-refractivity contribution < 1.29 is 14.6 Å². The summed E-state index contributed by atoms with van der Waals surface area (Å²) in [6, 6.07) is 4.83. The van der Waals surface area contributed by atoms with Crippen LogP contribution in [0.25, 0.3) is 0 Å². The van der Waals surface area contributed by atoms with Crippen molar-refractivity contribution in [3.8, 4) is 5.75 Å². The highest BCUT2D eigenvalue weighted by Gasteiger charge is 2.07. The standard InChI is InChI=1S/C12H11NO3S/c1-8-2-3-9(12(14)15)6-10(8)16-7-11-13-4-5-17-11/h2-6H,7H2,1H3,(H,14,15). The number of hydrogen-bond acceptors (Lipinski definition) is 4. The zero-order valence-electron chi connectivity index (χ0n) is 9.21. The van der Waals surface area contributed by atoms with Gasteiger partial charge in [-0.05, 0) is 24.6 Å². The number of aromatic nitrogens is 1. The van der Waals surface area contributed by atoms with E-state index >= 15 is 0 Å². The molecule has 0 radical (unpaired) electrons. The van der Waals surface area contributed by atoms with Crippen LogP contribution in [0, 0.1) is 6.92 Å². The average Bonchev–Trinajstić information content (AvgIpc) is 2.80. The first-order valence-electron chi connectivity index (χ1n) is 5.02. The Morgan fingerprint density at radius 2 is 2.35 bits per heavy atom. The molecule has 0 spiro atoms. The zero-order chi connectivity index (χ0) is 12.3. The Bertz CT molecular complexity index is 523. The van der Waals surface area contributed by atoms with Gasteiger partial charge in [-0.25, -0.2) is 9.78 Å². The number of nitrogens with zero attached hydrogens (tertiary/aromatic N) is 1. The molecule has 2 rings (SSSR count). The average molecular weight is 249 g/mol. The van der Waals surface area contributed by atoms with Gasteiger partial charge < -0.3 is 9.84 Å². The molecule has 0 fully saturated rings. The third-order valence-corrected chi connectivity index (χ3v) is 3.02. The lowest BCUT2D eigenvalue weighted by molar-refractivity contribution is 0.0696. The van der Waals surface area contributed by atoms with E-state index in [1.54, 1.807) is 18.3 Å². The largest absolute Gasteiger partial charge is 0.486 e. The lowest BCUT2D eigenvalue weighted by Crippen LogP contribution is -2.00. The van der Waals surface area contributed by atoms with Crippen LogP contribution in [0.2, 0.25) is 0 Å². The number of aryl methyl sites for hydroxylation is 1. The molecular formula is C12H11NO3S. The number of benzene rings is 1. The van der Waals surface area contributed by atoms with E-state index in [4.69, 9.17) is 9.84 Å². The summed E-state index contributed by atoms with van der Waals surface area (Å²) in [6.45, 7) is 2.24. The van der Waals surface area contributed by atoms with E-state index < -0.39 is 5.97 Å². The first-order valence-corrected chi connectivity index (χ1v) is 5.90. The highest BCUT2D eigenvalue weighted by atomic mass is 32.1. The predicted molar refractivity (Wildman–Crippen MR) is 64.6 cm³/mol. The van der Waals surface area contributed by atoms with Crippen molar-refractivity contribution in [2.45, 2.75) is 13.5 Å². The van der Waals surface area contributed by atoms with Crippen LogP contribution >= 0.6 is 11.3 Å². The van der Waals surface area contributed by atoms with E-state index in [1.807, 2.05) is 12.3 Å². The Hall–Kier alpha value is -1.88. The molecule has 1 heterocycles. The fourth-order valence-corrected chi connectivity index (χ4v) is 1.88. The van der Waals surface area contributed by atoms with Crippen LogP contribution in [-0.4, -0.2) is 16.1 Å². The van der Waals surface area contributed by atoms with Gasteiger partial charge in [0.2, 0.25) is 0 Å². The molecule has 1 aromatic heterocycles. The quantitative estimate of drug-likeness (QED) is 0.905. The summed E-state index contributed by atoms with van der Waals surface area (Å²) in [5.41, 5.74) is 1.14. The van der Waals surface area contributed by atoms with Crippen molar-refractivity contribution in [3.05, 3.63) is 45.9 Å². The molecule has 0 aliphatic heterocycles. The summed E-state index contributed by atoms with van der Waals surface area (Å²) in [5.74, 6) is -0.371. The number of carboxylic acid groups (broad SMARTS) is 1. The van der Waals surface area contributed by atoms with E-state index in [1.165, 1.54) is 17.4 Å². The fourth-order valence-electron chi connectivity index (χ4n) is 1.35. The summed E-state index contributed by atoms with van der Waals surface area (Å²) in [7, 11) is 0. The Balaban J connectivity index is 2.14. The first kappa shape index (κ1) is 11.6. The number of carbonyl (C=O) groups is 1. The molecule has 0 saturated carbocycles. The van der Waals surface area contributed by atoms with E-state index in [0.717, 1.165) is 10.6 Å². The minimum Gasteiger partial charge on any atom is -0.486 e. The fraction of sp³-hybridized carbons (Fsp3) is 0.167. The van der Waals surface area contributed by atoms with Crippen LogP contribution in [0.5, 0.6) is 5.75 Å². The first-order chi connectivity index (χ1) is 8.16. The van der Waals surface area contributed by atoms with Crippen LogP contribution in [0.1, 0.15) is 20.9 Å². The minimum atomic E-state index is -0.955. The van der Waals surface area contributed by atoms with Gasteiger partial charge in [0.05, 0.1) is 5.56 Å². The molecular weight excluding hydrogens is 238 g/mol. The van der Waals surface area contributed by atoms with Crippen molar-refractivity contribution >= 4 is 17.3 Å². The molecule has 88 valence electrons. The second-order valence-electron chi connectivity index (χ2n) is 3.50. The SMILES string of the molecule is Cc1ccc(C(=O)O)cc1OCc1nccs1. The minimum absolute atomic E-state index is 0.227. The van der Waals surface area contributed by atoms with E-state index in [-0.39, 0.29) is 5.56 Å². The molecule has 5 heteroatoms. The summed E-state index contributed by atoms with van der Waals surface area (Å²) >= 11 is 1.51. The maximum atomic E-state index is 10.8. The molecule has 17 heavy (non-hydrogen) atoms. The predicted octanol–water partition coefficient (Wildman–Crippen LogP) is 2.73. The van der Waals surface area contributed by atoms with Crippen molar-refractivity contribution in [3.63, 3.8) is 0 Å². The van der Waals surface area contributed by atoms with Crippen molar-refractivity contribution in [1.82, 2.24) is 4.98 Å². The van der Waals surface area contributed by atoms with Gasteiger partial charge in [-0.3, -0.25) is 0 Å². The van der Waals surface area contributed by atoms with Gasteiger partial charge in [0.1, 0.15) is 17.4 Å². The van der Waals surface area contributed by atoms with Crippen LogP contribution in [0.3, 0.4) is 0 Å². The van der Waals surface area contributed by atoms with Gasteiger partial charge >= 0.3 is 5.97 Å². The molecule has 0 unspecified atom stereocenters. The molecule has 0 aliphatic carbocycles. The van der Waals surface area contributed by atoms with Crippen LogP contribution in [-0.2, 0) is 6.61 Å². The number of carboxylic acids is 1. The molecule has 2 aromatic rings. The van der Waals surface area contributed by atoms with Gasteiger partial charge in [-0.2, -0.15) is 0 Å². The van der Waals surface area contributed by atoms with E-state index in [9.17, 15) is 4.79 Å². The van der Waals surface area contributed by atoms with Crippen molar-refractivity contribution in [1.29, 1.82) is 0 Å². The highest BCUT2D eigenvalue weighted by molar-refractivity contribution is 7.09. The highest BCUT2D eigenvalue weighted by Crippen LogP contribution is 2.21. The Morgan fingerprint density at radius 1 is 1.53 bits per heavy atom. The van der Waals surface area contributed by atoms with Crippen LogP contribution in [0.15, 0.2) is 29.8 Å². The zero-order valence-corrected chi connectivity index (χ0v) is 10.0. The molecule has 0 amide bonds. The molecule has 0 bridgehead atoms. The summed E-state index contributed by atoms with van der Waals surface area (Å²) in [6.07, 6.45) is 1.71. The summed E-state index contributed by atoms with van der Waals surface area (Å²) in [5, 5.41) is 11.6. The molecule has 0 saturated heterocycles. The summed E-state index contributed by atoms with van der Waals surface area (Å²) < 4.78 is 5.56. The second kappa shape index (κ2) is 4.97. The van der Waals surface area contributed by atoms with Gasteiger partial charge in [-0.15, -0.1) is 11.3 Å². The number of thiazole rings is 1. The molecule has 0 aliphatic rings. The number of hydrogen-bond donors (Lipinski definition) is 1. The molecule has 4 nitrogen and oxygen atoms in total. The lowest BCUT2D eigenvalue weighted by Gasteiger charge is -2.08. The Kier molecular flexibility index (Phi) is 3.39. The smallest absolute Gasteiger partial charge is 0.335 e. The molecule has 1 aromatic carbocycles. The van der Waals surface area contributed by atoms with E-state index in [2.05, 4.69) is 4.98 Å². The number of aromatic carboxylic acids is 1. The molecule has 0 atom stereocenters. The summed E-state index contributed by atoms with van der Waals surface area (Å²) in [4.78, 5) is 14.9. The monoisotopic (exact) mass is 249 g/mol. The van der Waals surface area contributed by atoms with Crippen molar-refractivity contribution in [2.75, 3.05) is 0 Å². The van der Waals surface area contributed by atoms with Crippen molar-refractivity contribution in [2.24, 2.45) is 0 Å². The van der Waals surface area contributed by atoms with E-state index in [0.29, 0.717) is 12.4 Å². The lowest BCUT2D eigenvalue weighted by atomic mass is 10.1. The van der Waals surface area contributed by atoms with Crippen LogP contribution < -0.4 is 4.74 Å². The van der Waals surface area contributed by atoms with Gasteiger partial charge in [0, 0.05) is 11.6 Å². The maximum Gasteiger partial charge on any atom is 0.335 e. The number of rotatable bonds is 4. The molecule has 1 N–H and O–H groups in total. The van der Waals surface area contributed by atoms with Gasteiger partial charge in [0.25, 0.3) is 0 Å². The number of ether oxygens (including phenoxy) is 1. The Labute approximate surface area is 103 Å². The van der Waals surface area contributed by atoms with Crippen LogP contribution in [0.4, 0.5) is 0 Å². The van der Waals surface area contributed by atoms with Gasteiger partial charge in [-0.1, -0.05) is 6.07 Å².